The number of amides is 1. The van der Waals surface area contributed by atoms with E-state index in [1.165, 1.54) is 0 Å². The van der Waals surface area contributed by atoms with E-state index in [4.69, 9.17) is 9.47 Å². The summed E-state index contributed by atoms with van der Waals surface area (Å²) in [7, 11) is 0. The Balaban J connectivity index is 1.74. The number of hydrogen-bond acceptors (Lipinski definition) is 3. The van der Waals surface area contributed by atoms with Crippen LogP contribution in [0.2, 0.25) is 0 Å². The zero-order valence-electron chi connectivity index (χ0n) is 12.1. The molecular formula is C17H16BrNO3. The van der Waals surface area contributed by atoms with E-state index in [1.54, 1.807) is 18.2 Å². The Kier molecular flexibility index (Phi) is 4.34. The van der Waals surface area contributed by atoms with Crippen LogP contribution in [-0.4, -0.2) is 19.1 Å². The van der Waals surface area contributed by atoms with Gasteiger partial charge in [0.05, 0.1) is 6.04 Å². The van der Waals surface area contributed by atoms with Crippen LogP contribution in [-0.2, 0) is 0 Å². The summed E-state index contributed by atoms with van der Waals surface area (Å²) in [6, 6.07) is 13.0. The van der Waals surface area contributed by atoms with E-state index in [0.717, 1.165) is 10.0 Å². The predicted molar refractivity (Wildman–Crippen MR) is 87.5 cm³/mol. The third-order valence-electron chi connectivity index (χ3n) is 3.50. The highest BCUT2D eigenvalue weighted by atomic mass is 79.9. The van der Waals surface area contributed by atoms with Crippen molar-refractivity contribution >= 4 is 21.8 Å². The molecule has 22 heavy (non-hydrogen) atoms. The van der Waals surface area contributed by atoms with Crippen molar-refractivity contribution in [3.8, 4) is 11.5 Å². The summed E-state index contributed by atoms with van der Waals surface area (Å²) < 4.78 is 12.0. The standard InChI is InChI=1S/C17H16BrNO3/c1-11(12-3-2-4-14(18)9-12)19-17(20)13-5-6-15-16(10-13)22-8-7-21-15/h2-6,9-11H,7-8H2,1H3,(H,19,20). The minimum Gasteiger partial charge on any atom is -0.486 e. The lowest BCUT2D eigenvalue weighted by Gasteiger charge is -2.19. The average molecular weight is 362 g/mol. The van der Waals surface area contributed by atoms with Gasteiger partial charge in [-0.1, -0.05) is 28.1 Å². The van der Waals surface area contributed by atoms with E-state index in [1.807, 2.05) is 31.2 Å². The van der Waals surface area contributed by atoms with Crippen molar-refractivity contribution in [1.29, 1.82) is 0 Å². The number of benzene rings is 2. The fraction of sp³-hybridized carbons (Fsp3) is 0.235. The van der Waals surface area contributed by atoms with E-state index < -0.39 is 0 Å². The molecule has 2 aromatic carbocycles. The van der Waals surface area contributed by atoms with Crippen molar-refractivity contribution in [2.75, 3.05) is 13.2 Å². The molecule has 1 aliphatic heterocycles. The second-order valence-electron chi connectivity index (χ2n) is 5.11. The third kappa shape index (κ3) is 3.25. The molecule has 0 bridgehead atoms. The Morgan fingerprint density at radius 1 is 1.14 bits per heavy atom. The minimum atomic E-state index is -0.135. The minimum absolute atomic E-state index is 0.0850. The number of fused-ring (bicyclic) bond motifs is 1. The van der Waals surface area contributed by atoms with Crippen LogP contribution in [0.1, 0.15) is 28.9 Å². The van der Waals surface area contributed by atoms with Crippen molar-refractivity contribution in [2.24, 2.45) is 0 Å². The fourth-order valence-electron chi connectivity index (χ4n) is 2.32. The molecule has 1 amide bonds. The topological polar surface area (TPSA) is 47.6 Å². The first kappa shape index (κ1) is 14.9. The molecule has 1 unspecified atom stereocenters. The Hall–Kier alpha value is -2.01. The monoisotopic (exact) mass is 361 g/mol. The van der Waals surface area contributed by atoms with E-state index in [-0.39, 0.29) is 11.9 Å². The Morgan fingerprint density at radius 3 is 2.68 bits per heavy atom. The Bertz CT molecular complexity index is 702. The summed E-state index contributed by atoms with van der Waals surface area (Å²) in [6.45, 7) is 3.00. The van der Waals surface area contributed by atoms with Gasteiger partial charge in [-0.05, 0) is 42.8 Å². The van der Waals surface area contributed by atoms with Gasteiger partial charge in [0, 0.05) is 10.0 Å². The lowest BCUT2D eigenvalue weighted by atomic mass is 10.1. The van der Waals surface area contributed by atoms with Crippen LogP contribution < -0.4 is 14.8 Å². The summed E-state index contributed by atoms with van der Waals surface area (Å²) >= 11 is 3.44. The van der Waals surface area contributed by atoms with Gasteiger partial charge in [0.2, 0.25) is 0 Å². The molecule has 1 heterocycles. The first-order chi connectivity index (χ1) is 10.6. The number of hydrogen-bond donors (Lipinski definition) is 1. The van der Waals surface area contributed by atoms with Crippen LogP contribution in [0.3, 0.4) is 0 Å². The molecule has 5 heteroatoms. The largest absolute Gasteiger partial charge is 0.486 e. The molecule has 0 aliphatic carbocycles. The highest BCUT2D eigenvalue weighted by molar-refractivity contribution is 9.10. The van der Waals surface area contributed by atoms with Gasteiger partial charge in [0.15, 0.2) is 11.5 Å². The summed E-state index contributed by atoms with van der Waals surface area (Å²) in [4.78, 5) is 12.4. The molecule has 3 rings (SSSR count). The quantitative estimate of drug-likeness (QED) is 0.906. The van der Waals surface area contributed by atoms with Gasteiger partial charge in [-0.15, -0.1) is 0 Å². The summed E-state index contributed by atoms with van der Waals surface area (Å²) in [5.41, 5.74) is 1.60. The molecule has 1 atom stereocenters. The number of carbonyl (C=O) groups is 1. The second kappa shape index (κ2) is 6.40. The van der Waals surface area contributed by atoms with E-state index in [0.29, 0.717) is 30.3 Å². The SMILES string of the molecule is CC(NC(=O)c1ccc2c(c1)OCCO2)c1cccc(Br)c1. The molecule has 114 valence electrons. The van der Waals surface area contributed by atoms with E-state index in [2.05, 4.69) is 21.2 Å². The maximum atomic E-state index is 12.4. The van der Waals surface area contributed by atoms with Crippen LogP contribution in [0.25, 0.3) is 0 Å². The summed E-state index contributed by atoms with van der Waals surface area (Å²) in [5, 5.41) is 2.99. The molecule has 1 aliphatic rings. The van der Waals surface area contributed by atoms with Gasteiger partial charge in [-0.2, -0.15) is 0 Å². The van der Waals surface area contributed by atoms with Gasteiger partial charge in [0.1, 0.15) is 13.2 Å². The zero-order valence-corrected chi connectivity index (χ0v) is 13.7. The molecule has 1 N–H and O–H groups in total. The summed E-state index contributed by atoms with van der Waals surface area (Å²) in [6.07, 6.45) is 0. The first-order valence-corrected chi connectivity index (χ1v) is 7.89. The smallest absolute Gasteiger partial charge is 0.251 e. The van der Waals surface area contributed by atoms with Gasteiger partial charge in [-0.3, -0.25) is 4.79 Å². The molecule has 0 spiro atoms. The van der Waals surface area contributed by atoms with Gasteiger partial charge >= 0.3 is 0 Å². The molecule has 0 radical (unpaired) electrons. The number of rotatable bonds is 3. The number of nitrogens with one attached hydrogen (secondary N) is 1. The average Bonchev–Trinajstić information content (AvgIpc) is 2.54. The number of halogens is 1. The van der Waals surface area contributed by atoms with Crippen molar-refractivity contribution in [3.63, 3.8) is 0 Å². The van der Waals surface area contributed by atoms with Crippen LogP contribution in [0.4, 0.5) is 0 Å². The van der Waals surface area contributed by atoms with Crippen molar-refractivity contribution < 1.29 is 14.3 Å². The van der Waals surface area contributed by atoms with Crippen LogP contribution in [0.15, 0.2) is 46.9 Å². The van der Waals surface area contributed by atoms with E-state index >= 15 is 0 Å². The lowest BCUT2D eigenvalue weighted by molar-refractivity contribution is 0.0938. The van der Waals surface area contributed by atoms with Crippen molar-refractivity contribution in [1.82, 2.24) is 5.32 Å². The maximum absolute atomic E-state index is 12.4. The number of carbonyl (C=O) groups excluding carboxylic acids is 1. The number of ether oxygens (including phenoxy) is 2. The van der Waals surface area contributed by atoms with Gasteiger partial charge in [0.25, 0.3) is 5.91 Å². The van der Waals surface area contributed by atoms with Crippen molar-refractivity contribution in [3.05, 3.63) is 58.1 Å². The Labute approximate surface area is 137 Å². The van der Waals surface area contributed by atoms with Gasteiger partial charge in [-0.25, -0.2) is 0 Å². The van der Waals surface area contributed by atoms with Crippen LogP contribution in [0.5, 0.6) is 11.5 Å². The lowest BCUT2D eigenvalue weighted by Crippen LogP contribution is -2.27. The highest BCUT2D eigenvalue weighted by Gasteiger charge is 2.16. The predicted octanol–water partition coefficient (Wildman–Crippen LogP) is 3.71. The molecule has 2 aromatic rings. The summed E-state index contributed by atoms with van der Waals surface area (Å²) in [5.74, 6) is 1.17. The third-order valence-corrected chi connectivity index (χ3v) is 3.99. The van der Waals surface area contributed by atoms with E-state index in [9.17, 15) is 4.79 Å². The molecule has 0 saturated carbocycles. The maximum Gasteiger partial charge on any atom is 0.251 e. The Morgan fingerprint density at radius 2 is 1.91 bits per heavy atom. The van der Waals surface area contributed by atoms with Crippen molar-refractivity contribution in [2.45, 2.75) is 13.0 Å². The zero-order chi connectivity index (χ0) is 15.5. The molecule has 0 fully saturated rings. The first-order valence-electron chi connectivity index (χ1n) is 7.09. The molecule has 0 aromatic heterocycles. The molecular weight excluding hydrogens is 346 g/mol. The van der Waals surface area contributed by atoms with Gasteiger partial charge < -0.3 is 14.8 Å². The van der Waals surface area contributed by atoms with Crippen LogP contribution in [0, 0.1) is 0 Å². The fourth-order valence-corrected chi connectivity index (χ4v) is 2.74. The second-order valence-corrected chi connectivity index (χ2v) is 6.02. The normalized spacial score (nSPS) is 14.3. The molecule has 4 nitrogen and oxygen atoms in total. The highest BCUT2D eigenvalue weighted by Crippen LogP contribution is 2.30. The van der Waals surface area contributed by atoms with Crippen LogP contribution >= 0.6 is 15.9 Å². The molecule has 0 saturated heterocycles.